The van der Waals surface area contributed by atoms with E-state index in [0.29, 0.717) is 10.1 Å². The molecule has 0 aliphatic carbocycles. The van der Waals surface area contributed by atoms with Gasteiger partial charge in [-0.2, -0.15) is 0 Å². The number of fused-ring (bicyclic) bond motifs is 1. The molecule has 0 spiro atoms. The molecule has 2 aromatic heterocycles. The van der Waals surface area contributed by atoms with Crippen molar-refractivity contribution in [1.29, 1.82) is 0 Å². The summed E-state index contributed by atoms with van der Waals surface area (Å²) in [4.78, 5) is 11.3. The molecule has 2 aromatic rings. The fourth-order valence-corrected chi connectivity index (χ4v) is 1.93. The quantitative estimate of drug-likeness (QED) is 0.609. The van der Waals surface area contributed by atoms with Crippen molar-refractivity contribution in [3.8, 4) is 0 Å². The zero-order valence-electron chi connectivity index (χ0n) is 6.37. The Hall–Kier alpha value is -1.16. The van der Waals surface area contributed by atoms with Crippen molar-refractivity contribution in [2.75, 3.05) is 0 Å². The lowest BCUT2D eigenvalue weighted by atomic mass is 10.3. The summed E-state index contributed by atoms with van der Waals surface area (Å²) in [5, 5.41) is 2.18. The maximum atomic E-state index is 13.1. The molecule has 4 heteroatoms. The Balaban J connectivity index is 3.07. The Labute approximate surface area is 71.9 Å². The summed E-state index contributed by atoms with van der Waals surface area (Å²) in [5.41, 5.74) is -0.146. The summed E-state index contributed by atoms with van der Waals surface area (Å²) in [5.74, 6) is -0.331. The molecular formula is C8H6FNOS. The highest BCUT2D eigenvalue weighted by Gasteiger charge is 2.06. The van der Waals surface area contributed by atoms with Crippen LogP contribution in [0, 0.1) is 5.82 Å². The number of aromatic nitrogens is 1. The smallest absolute Gasteiger partial charge is 0.259 e. The summed E-state index contributed by atoms with van der Waals surface area (Å²) in [7, 11) is 1.54. The summed E-state index contributed by atoms with van der Waals surface area (Å²) in [6.45, 7) is 0. The van der Waals surface area contributed by atoms with E-state index in [4.69, 9.17) is 0 Å². The lowest BCUT2D eigenvalue weighted by molar-refractivity contribution is 0.621. The molecule has 0 amide bonds. The van der Waals surface area contributed by atoms with E-state index in [1.54, 1.807) is 18.5 Å². The van der Waals surface area contributed by atoms with Gasteiger partial charge in [-0.3, -0.25) is 4.79 Å². The minimum absolute atomic E-state index is 0.146. The number of nitrogens with zero attached hydrogens (tertiary/aromatic N) is 1. The highest BCUT2D eigenvalue weighted by molar-refractivity contribution is 7.17. The van der Waals surface area contributed by atoms with Gasteiger partial charge in [-0.15, -0.1) is 11.3 Å². The van der Waals surface area contributed by atoms with Crippen LogP contribution in [0.1, 0.15) is 0 Å². The topological polar surface area (TPSA) is 22.0 Å². The second kappa shape index (κ2) is 2.42. The highest BCUT2D eigenvalue weighted by Crippen LogP contribution is 2.19. The van der Waals surface area contributed by atoms with Crippen LogP contribution in [0.15, 0.2) is 22.4 Å². The summed E-state index contributed by atoms with van der Waals surface area (Å²) in [6, 6.07) is 1.64. The fraction of sp³-hybridized carbons (Fsp3) is 0.125. The monoisotopic (exact) mass is 183 g/mol. The predicted octanol–water partition coefficient (Wildman–Crippen LogP) is 1.74. The minimum Gasteiger partial charge on any atom is -0.315 e. The Morgan fingerprint density at radius 2 is 2.33 bits per heavy atom. The lowest BCUT2D eigenvalue weighted by Crippen LogP contribution is -2.15. The van der Waals surface area contributed by atoms with Crippen LogP contribution < -0.4 is 5.56 Å². The van der Waals surface area contributed by atoms with Gasteiger partial charge < -0.3 is 4.57 Å². The lowest BCUT2D eigenvalue weighted by Gasteiger charge is -1.97. The van der Waals surface area contributed by atoms with Gasteiger partial charge in [0, 0.05) is 13.2 Å². The second-order valence-corrected chi connectivity index (χ2v) is 3.47. The minimum atomic E-state index is -0.331. The van der Waals surface area contributed by atoms with Gasteiger partial charge in [0.05, 0.1) is 10.1 Å². The van der Waals surface area contributed by atoms with Crippen LogP contribution in [0.2, 0.25) is 0 Å². The number of rotatable bonds is 0. The van der Waals surface area contributed by atoms with Crippen molar-refractivity contribution < 1.29 is 4.39 Å². The van der Waals surface area contributed by atoms with Crippen LogP contribution in [0.3, 0.4) is 0 Å². The van der Waals surface area contributed by atoms with Crippen molar-refractivity contribution in [2.45, 2.75) is 0 Å². The SMILES string of the molecule is Cn1cc(F)c2sccc2c1=O. The van der Waals surface area contributed by atoms with Gasteiger partial charge in [0.15, 0.2) is 5.82 Å². The molecule has 2 nitrogen and oxygen atoms in total. The molecule has 0 aliphatic heterocycles. The molecule has 0 saturated heterocycles. The molecule has 0 radical (unpaired) electrons. The summed E-state index contributed by atoms with van der Waals surface area (Å²) >= 11 is 1.25. The Morgan fingerprint density at radius 1 is 1.58 bits per heavy atom. The first-order chi connectivity index (χ1) is 5.70. The molecular weight excluding hydrogens is 177 g/mol. The van der Waals surface area contributed by atoms with E-state index in [0.717, 1.165) is 0 Å². The first kappa shape index (κ1) is 7.49. The zero-order valence-corrected chi connectivity index (χ0v) is 7.19. The highest BCUT2D eigenvalue weighted by atomic mass is 32.1. The van der Waals surface area contributed by atoms with Gasteiger partial charge in [0.2, 0.25) is 0 Å². The Kier molecular flexibility index (Phi) is 1.51. The van der Waals surface area contributed by atoms with Gasteiger partial charge >= 0.3 is 0 Å². The van der Waals surface area contributed by atoms with Crippen molar-refractivity contribution in [3.05, 3.63) is 33.8 Å². The maximum absolute atomic E-state index is 13.1. The molecule has 2 rings (SSSR count). The number of hydrogen-bond donors (Lipinski definition) is 0. The van der Waals surface area contributed by atoms with Crippen molar-refractivity contribution >= 4 is 21.4 Å². The molecule has 0 unspecified atom stereocenters. The van der Waals surface area contributed by atoms with E-state index in [1.807, 2.05) is 0 Å². The first-order valence-corrected chi connectivity index (χ1v) is 4.30. The third-order valence-electron chi connectivity index (χ3n) is 1.74. The van der Waals surface area contributed by atoms with Crippen LogP contribution in [0.5, 0.6) is 0 Å². The number of aryl methyl sites for hydroxylation is 1. The summed E-state index contributed by atoms with van der Waals surface area (Å²) < 4.78 is 14.8. The van der Waals surface area contributed by atoms with Gasteiger partial charge in [-0.1, -0.05) is 0 Å². The molecule has 0 bridgehead atoms. The number of hydrogen-bond acceptors (Lipinski definition) is 2. The van der Waals surface area contributed by atoms with Crippen molar-refractivity contribution in [3.63, 3.8) is 0 Å². The molecule has 0 atom stereocenters. The molecule has 0 aromatic carbocycles. The number of thiophene rings is 1. The molecule has 0 fully saturated rings. The van der Waals surface area contributed by atoms with Gasteiger partial charge in [0.1, 0.15) is 0 Å². The molecule has 12 heavy (non-hydrogen) atoms. The van der Waals surface area contributed by atoms with Crippen LogP contribution >= 0.6 is 11.3 Å². The van der Waals surface area contributed by atoms with Crippen LogP contribution in [-0.4, -0.2) is 4.57 Å². The van der Waals surface area contributed by atoms with E-state index in [-0.39, 0.29) is 11.4 Å². The van der Waals surface area contributed by atoms with Crippen LogP contribution in [0.25, 0.3) is 10.1 Å². The first-order valence-electron chi connectivity index (χ1n) is 3.42. The largest absolute Gasteiger partial charge is 0.315 e. The molecule has 0 aliphatic rings. The Bertz CT molecular complexity index is 485. The standard InChI is InChI=1S/C8H6FNOS/c1-10-4-6(9)7-5(8(10)11)2-3-12-7/h2-4H,1H3. The van der Waals surface area contributed by atoms with Crippen molar-refractivity contribution in [1.82, 2.24) is 4.57 Å². The molecule has 62 valence electrons. The maximum Gasteiger partial charge on any atom is 0.259 e. The van der Waals surface area contributed by atoms with E-state index in [1.165, 1.54) is 22.1 Å². The van der Waals surface area contributed by atoms with Gasteiger partial charge in [-0.25, -0.2) is 4.39 Å². The van der Waals surface area contributed by atoms with E-state index >= 15 is 0 Å². The van der Waals surface area contributed by atoms with Crippen LogP contribution in [-0.2, 0) is 7.05 Å². The zero-order chi connectivity index (χ0) is 8.72. The van der Waals surface area contributed by atoms with E-state index < -0.39 is 0 Å². The predicted molar refractivity (Wildman–Crippen MR) is 47.0 cm³/mol. The number of halogens is 1. The third kappa shape index (κ3) is 0.881. The normalized spacial score (nSPS) is 10.8. The molecule has 0 saturated carbocycles. The van der Waals surface area contributed by atoms with Gasteiger partial charge in [0.25, 0.3) is 5.56 Å². The van der Waals surface area contributed by atoms with Gasteiger partial charge in [-0.05, 0) is 11.4 Å². The second-order valence-electron chi connectivity index (χ2n) is 2.56. The van der Waals surface area contributed by atoms with E-state index in [9.17, 15) is 9.18 Å². The number of pyridine rings is 1. The Morgan fingerprint density at radius 3 is 3.08 bits per heavy atom. The van der Waals surface area contributed by atoms with E-state index in [2.05, 4.69) is 0 Å². The average molecular weight is 183 g/mol. The molecule has 0 N–H and O–H groups in total. The molecule has 2 heterocycles. The summed E-state index contributed by atoms with van der Waals surface area (Å²) in [6.07, 6.45) is 1.21. The third-order valence-corrected chi connectivity index (χ3v) is 2.66. The van der Waals surface area contributed by atoms with Crippen molar-refractivity contribution in [2.24, 2.45) is 7.05 Å². The average Bonchev–Trinajstić information content (AvgIpc) is 2.48. The fourth-order valence-electron chi connectivity index (χ4n) is 1.14. The van der Waals surface area contributed by atoms with Crippen LogP contribution in [0.4, 0.5) is 4.39 Å².